The molecule has 26 heavy (non-hydrogen) atoms. The molecule has 3 N–H and O–H groups in total. The Morgan fingerprint density at radius 2 is 1.58 bits per heavy atom. The quantitative estimate of drug-likeness (QED) is 0.681. The van der Waals surface area contributed by atoms with Gasteiger partial charge >= 0.3 is 0 Å². The number of anilines is 1. The topological polar surface area (TPSA) is 124 Å². The Morgan fingerprint density at radius 3 is 2.15 bits per heavy atom. The number of benzene rings is 2. The summed E-state index contributed by atoms with van der Waals surface area (Å²) in [6.45, 7) is 0. The number of hydrogen-bond acceptors (Lipinski definition) is 5. The molecule has 136 valence electrons. The van der Waals surface area contributed by atoms with Crippen molar-refractivity contribution in [3.63, 3.8) is 0 Å². The van der Waals surface area contributed by atoms with Gasteiger partial charge in [0.2, 0.25) is 10.0 Å². The van der Waals surface area contributed by atoms with Gasteiger partial charge < -0.3 is 0 Å². The molecule has 0 radical (unpaired) electrons. The van der Waals surface area contributed by atoms with E-state index in [1.165, 1.54) is 35.1 Å². The summed E-state index contributed by atoms with van der Waals surface area (Å²) in [5.74, 6) is 0. The molecule has 0 atom stereocenters. The molecule has 0 amide bonds. The Bertz CT molecular complexity index is 1140. The zero-order valence-electron chi connectivity index (χ0n) is 13.7. The van der Waals surface area contributed by atoms with Crippen molar-refractivity contribution in [1.29, 1.82) is 0 Å². The molecule has 1 heterocycles. The van der Waals surface area contributed by atoms with E-state index < -0.39 is 20.0 Å². The van der Waals surface area contributed by atoms with E-state index in [0.717, 1.165) is 0 Å². The van der Waals surface area contributed by atoms with Crippen LogP contribution in [0.1, 0.15) is 0 Å². The minimum Gasteiger partial charge on any atom is -0.280 e. The van der Waals surface area contributed by atoms with Crippen molar-refractivity contribution in [2.45, 2.75) is 9.79 Å². The van der Waals surface area contributed by atoms with Crippen LogP contribution in [0.2, 0.25) is 0 Å². The Balaban J connectivity index is 1.97. The molecule has 1 aromatic heterocycles. The third-order valence-electron chi connectivity index (χ3n) is 3.57. The van der Waals surface area contributed by atoms with Gasteiger partial charge in [-0.3, -0.25) is 9.40 Å². The second-order valence-electron chi connectivity index (χ2n) is 5.56. The molecule has 0 saturated carbocycles. The maximum absolute atomic E-state index is 12.8. The van der Waals surface area contributed by atoms with E-state index in [9.17, 15) is 16.8 Å². The molecule has 0 aliphatic carbocycles. The first-order chi connectivity index (χ1) is 12.2. The first-order valence-corrected chi connectivity index (χ1v) is 10.4. The van der Waals surface area contributed by atoms with Crippen molar-refractivity contribution in [2.75, 3.05) is 4.72 Å². The Labute approximate surface area is 151 Å². The number of nitrogens with one attached hydrogen (secondary N) is 1. The molecule has 10 heteroatoms. The van der Waals surface area contributed by atoms with Crippen LogP contribution in [0.15, 0.2) is 70.6 Å². The van der Waals surface area contributed by atoms with Gasteiger partial charge in [-0.25, -0.2) is 22.0 Å². The highest BCUT2D eigenvalue weighted by atomic mass is 32.2. The first-order valence-electron chi connectivity index (χ1n) is 7.41. The van der Waals surface area contributed by atoms with Crippen LogP contribution in [0.3, 0.4) is 0 Å². The van der Waals surface area contributed by atoms with Crippen LogP contribution in [0, 0.1) is 0 Å². The summed E-state index contributed by atoms with van der Waals surface area (Å²) >= 11 is 0. The molecule has 0 bridgehead atoms. The van der Waals surface area contributed by atoms with Crippen LogP contribution >= 0.6 is 0 Å². The van der Waals surface area contributed by atoms with Crippen LogP contribution < -0.4 is 9.86 Å². The minimum absolute atomic E-state index is 0.0155. The normalized spacial score (nSPS) is 12.1. The first kappa shape index (κ1) is 18.1. The van der Waals surface area contributed by atoms with E-state index in [0.29, 0.717) is 11.3 Å². The van der Waals surface area contributed by atoms with Crippen LogP contribution in [-0.4, -0.2) is 26.6 Å². The summed E-state index contributed by atoms with van der Waals surface area (Å²) in [6.07, 6.45) is 1.41. The lowest BCUT2D eigenvalue weighted by Gasteiger charge is -2.08. The predicted molar refractivity (Wildman–Crippen MR) is 97.3 cm³/mol. The average molecular weight is 392 g/mol. The maximum atomic E-state index is 12.8. The third kappa shape index (κ3) is 3.77. The summed E-state index contributed by atoms with van der Waals surface area (Å²) < 4.78 is 52.0. The molecule has 0 unspecified atom stereocenters. The molecule has 0 aliphatic heterocycles. The molecule has 0 aliphatic rings. The van der Waals surface area contributed by atoms with E-state index >= 15 is 0 Å². The third-order valence-corrected chi connectivity index (χ3v) is 5.88. The molecule has 0 spiro atoms. The summed E-state index contributed by atoms with van der Waals surface area (Å²) in [5, 5.41) is 9.27. The summed E-state index contributed by atoms with van der Waals surface area (Å²) in [5.41, 5.74) is 1.19. The lowest BCUT2D eigenvalue weighted by molar-refractivity contribution is 0.597. The van der Waals surface area contributed by atoms with Gasteiger partial charge in [-0.2, -0.15) is 5.10 Å². The van der Waals surface area contributed by atoms with Gasteiger partial charge in [0.05, 0.1) is 4.90 Å². The Kier molecular flexibility index (Phi) is 4.57. The van der Waals surface area contributed by atoms with Gasteiger partial charge in [0.25, 0.3) is 10.0 Å². The van der Waals surface area contributed by atoms with E-state index in [4.69, 9.17) is 5.14 Å². The lowest BCUT2D eigenvalue weighted by Crippen LogP contribution is -2.14. The molecular weight excluding hydrogens is 376 g/mol. The van der Waals surface area contributed by atoms with Crippen LogP contribution in [0.5, 0.6) is 0 Å². The molecule has 3 aromatic rings. The minimum atomic E-state index is -3.93. The van der Waals surface area contributed by atoms with Crippen LogP contribution in [-0.2, 0) is 27.1 Å². The fourth-order valence-electron chi connectivity index (χ4n) is 2.38. The predicted octanol–water partition coefficient (Wildman–Crippen LogP) is 1.54. The zero-order valence-corrected chi connectivity index (χ0v) is 15.3. The van der Waals surface area contributed by atoms with Crippen molar-refractivity contribution in [3.05, 3.63) is 60.8 Å². The number of aromatic nitrogens is 2. The Morgan fingerprint density at radius 1 is 0.962 bits per heavy atom. The largest absolute Gasteiger partial charge is 0.280 e. The van der Waals surface area contributed by atoms with Crippen molar-refractivity contribution in [1.82, 2.24) is 9.78 Å². The van der Waals surface area contributed by atoms with Gasteiger partial charge in [-0.1, -0.05) is 30.3 Å². The van der Waals surface area contributed by atoms with Gasteiger partial charge in [0.15, 0.2) is 0 Å². The molecule has 3 rings (SSSR count). The number of hydrogen-bond donors (Lipinski definition) is 2. The van der Waals surface area contributed by atoms with E-state index in [2.05, 4.69) is 9.82 Å². The highest BCUT2D eigenvalue weighted by molar-refractivity contribution is 7.92. The summed E-state index contributed by atoms with van der Waals surface area (Å²) in [4.78, 5) is -0.0893. The number of aryl methyl sites for hydroxylation is 1. The highest BCUT2D eigenvalue weighted by Gasteiger charge is 2.23. The smallest absolute Gasteiger partial charge is 0.265 e. The zero-order chi connectivity index (χ0) is 18.9. The fraction of sp³-hybridized carbons (Fsp3) is 0.0625. The molecular formula is C16H16N4O4S2. The van der Waals surface area contributed by atoms with E-state index in [1.54, 1.807) is 31.3 Å². The highest BCUT2D eigenvalue weighted by Crippen LogP contribution is 2.27. The van der Waals surface area contributed by atoms with Gasteiger partial charge in [0.1, 0.15) is 10.6 Å². The number of primary sulfonamides is 1. The Hall–Kier alpha value is -2.69. The van der Waals surface area contributed by atoms with Crippen molar-refractivity contribution in [2.24, 2.45) is 12.2 Å². The second kappa shape index (κ2) is 6.56. The monoisotopic (exact) mass is 392 g/mol. The van der Waals surface area contributed by atoms with E-state index in [-0.39, 0.29) is 15.5 Å². The standard InChI is InChI=1S/C16H16N4O4S2/c1-20-11-15(16(18-20)12-5-3-2-4-6-12)26(23,24)19-13-7-9-14(10-8-13)25(17,21)22/h2-11,19H,1H3,(H2,17,21,22). The molecule has 2 aromatic carbocycles. The van der Waals surface area contributed by atoms with Crippen LogP contribution in [0.25, 0.3) is 11.3 Å². The number of rotatable bonds is 5. The molecule has 0 saturated heterocycles. The fourth-order valence-corrected chi connectivity index (χ4v) is 4.16. The number of nitrogens with two attached hydrogens (primary N) is 1. The summed E-state index contributed by atoms with van der Waals surface area (Å²) in [7, 11) is -6.15. The van der Waals surface area contributed by atoms with E-state index in [1.807, 2.05) is 6.07 Å². The summed E-state index contributed by atoms with van der Waals surface area (Å²) in [6, 6.07) is 14.1. The van der Waals surface area contributed by atoms with Crippen molar-refractivity contribution < 1.29 is 16.8 Å². The maximum Gasteiger partial charge on any atom is 0.265 e. The molecule has 0 fully saturated rings. The second-order valence-corrected chi connectivity index (χ2v) is 8.77. The average Bonchev–Trinajstić information content (AvgIpc) is 2.98. The van der Waals surface area contributed by atoms with Gasteiger partial charge in [-0.05, 0) is 24.3 Å². The van der Waals surface area contributed by atoms with Gasteiger partial charge in [-0.15, -0.1) is 0 Å². The molecule has 8 nitrogen and oxygen atoms in total. The number of nitrogens with zero attached hydrogens (tertiary/aromatic N) is 2. The van der Waals surface area contributed by atoms with Crippen molar-refractivity contribution >= 4 is 25.7 Å². The van der Waals surface area contributed by atoms with Gasteiger partial charge in [0, 0.05) is 24.5 Å². The van der Waals surface area contributed by atoms with Crippen molar-refractivity contribution in [3.8, 4) is 11.3 Å². The van der Waals surface area contributed by atoms with Crippen LogP contribution in [0.4, 0.5) is 5.69 Å². The number of sulfonamides is 2. The lowest BCUT2D eigenvalue weighted by atomic mass is 10.2. The SMILES string of the molecule is Cn1cc(S(=O)(=O)Nc2ccc(S(N)(=O)=O)cc2)c(-c2ccccc2)n1.